The van der Waals surface area contributed by atoms with Crippen molar-refractivity contribution in [2.45, 2.75) is 25.9 Å². The van der Waals surface area contributed by atoms with E-state index in [4.69, 9.17) is 0 Å². The second-order valence-electron chi connectivity index (χ2n) is 4.65. The van der Waals surface area contributed by atoms with Crippen LogP contribution in [0.5, 0.6) is 0 Å². The molecule has 1 N–H and O–H groups in total. The van der Waals surface area contributed by atoms with Gasteiger partial charge in [0, 0.05) is 17.6 Å². The standard InChI is InChI=1S/C15H15F3N2/c1-9(14-7-6-11(16)8-19-14)20-10(2)15-12(17)4-3-5-13(15)18/h3-10,20H,1-2H3. The SMILES string of the molecule is CC(NC(C)c1c(F)cccc1F)c1ccc(F)cn1. The molecule has 5 heteroatoms. The van der Waals surface area contributed by atoms with Gasteiger partial charge in [0.1, 0.15) is 17.5 Å². The first-order valence-corrected chi connectivity index (χ1v) is 6.30. The Bertz CT molecular complexity index is 564. The fourth-order valence-electron chi connectivity index (χ4n) is 2.11. The zero-order chi connectivity index (χ0) is 14.7. The van der Waals surface area contributed by atoms with E-state index < -0.39 is 23.5 Å². The van der Waals surface area contributed by atoms with E-state index in [1.54, 1.807) is 13.8 Å². The molecule has 2 unspecified atom stereocenters. The average molecular weight is 280 g/mol. The second-order valence-corrected chi connectivity index (χ2v) is 4.65. The fraction of sp³-hybridized carbons (Fsp3) is 0.267. The van der Waals surface area contributed by atoms with Crippen molar-refractivity contribution in [2.75, 3.05) is 0 Å². The van der Waals surface area contributed by atoms with Gasteiger partial charge in [-0.3, -0.25) is 4.98 Å². The van der Waals surface area contributed by atoms with Gasteiger partial charge in [-0.2, -0.15) is 0 Å². The molecule has 106 valence electrons. The Balaban J connectivity index is 2.15. The van der Waals surface area contributed by atoms with Gasteiger partial charge in [0.2, 0.25) is 0 Å². The number of benzene rings is 1. The lowest BCUT2D eigenvalue weighted by Crippen LogP contribution is -2.24. The maximum absolute atomic E-state index is 13.7. The zero-order valence-corrected chi connectivity index (χ0v) is 11.2. The first kappa shape index (κ1) is 14.5. The Kier molecular flexibility index (Phi) is 4.39. The van der Waals surface area contributed by atoms with Crippen LogP contribution in [0.2, 0.25) is 0 Å². The van der Waals surface area contributed by atoms with E-state index in [0.717, 1.165) is 6.20 Å². The summed E-state index contributed by atoms with van der Waals surface area (Å²) in [4.78, 5) is 3.94. The predicted molar refractivity (Wildman–Crippen MR) is 70.5 cm³/mol. The van der Waals surface area contributed by atoms with Crippen LogP contribution in [0.1, 0.15) is 37.2 Å². The molecule has 0 saturated carbocycles. The number of rotatable bonds is 4. The molecule has 0 aliphatic rings. The summed E-state index contributed by atoms with van der Waals surface area (Å²) in [5, 5.41) is 3.05. The number of aromatic nitrogens is 1. The van der Waals surface area contributed by atoms with Crippen LogP contribution in [0, 0.1) is 17.5 Å². The quantitative estimate of drug-likeness (QED) is 0.918. The Labute approximate surface area is 115 Å². The molecular formula is C15H15F3N2. The second kappa shape index (κ2) is 6.05. The molecule has 2 rings (SSSR count). The number of hydrogen-bond donors (Lipinski definition) is 1. The normalized spacial score (nSPS) is 14.1. The molecule has 2 atom stereocenters. The fourth-order valence-corrected chi connectivity index (χ4v) is 2.11. The lowest BCUT2D eigenvalue weighted by Gasteiger charge is -2.20. The van der Waals surface area contributed by atoms with Crippen molar-refractivity contribution >= 4 is 0 Å². The average Bonchev–Trinajstić information content (AvgIpc) is 2.39. The summed E-state index contributed by atoms with van der Waals surface area (Å²) >= 11 is 0. The first-order valence-electron chi connectivity index (χ1n) is 6.30. The molecule has 0 saturated heterocycles. The highest BCUT2D eigenvalue weighted by atomic mass is 19.1. The van der Waals surface area contributed by atoms with Crippen LogP contribution < -0.4 is 5.32 Å². The molecule has 2 nitrogen and oxygen atoms in total. The van der Waals surface area contributed by atoms with Crippen LogP contribution in [-0.4, -0.2) is 4.98 Å². The zero-order valence-electron chi connectivity index (χ0n) is 11.2. The maximum atomic E-state index is 13.7. The summed E-state index contributed by atoms with van der Waals surface area (Å²) in [6.45, 7) is 3.47. The molecule has 1 aromatic heterocycles. The van der Waals surface area contributed by atoms with Crippen LogP contribution in [0.15, 0.2) is 36.5 Å². The minimum absolute atomic E-state index is 0.0125. The predicted octanol–water partition coefficient (Wildman–Crippen LogP) is 3.91. The summed E-state index contributed by atoms with van der Waals surface area (Å²) in [5.41, 5.74) is 0.594. The highest BCUT2D eigenvalue weighted by molar-refractivity contribution is 5.23. The highest BCUT2D eigenvalue weighted by Gasteiger charge is 2.18. The van der Waals surface area contributed by atoms with Crippen LogP contribution in [0.25, 0.3) is 0 Å². The third-order valence-corrected chi connectivity index (χ3v) is 3.13. The third kappa shape index (κ3) is 3.17. The Morgan fingerprint density at radius 2 is 1.60 bits per heavy atom. The van der Waals surface area contributed by atoms with Crippen molar-refractivity contribution in [1.82, 2.24) is 10.3 Å². The molecule has 20 heavy (non-hydrogen) atoms. The van der Waals surface area contributed by atoms with Gasteiger partial charge in [-0.1, -0.05) is 6.07 Å². The molecule has 0 spiro atoms. The minimum atomic E-state index is -0.593. The van der Waals surface area contributed by atoms with E-state index in [9.17, 15) is 13.2 Å². The first-order chi connectivity index (χ1) is 9.49. The molecule has 1 aromatic carbocycles. The number of pyridine rings is 1. The van der Waals surface area contributed by atoms with Crippen molar-refractivity contribution in [3.63, 3.8) is 0 Å². The molecule has 0 fully saturated rings. The van der Waals surface area contributed by atoms with Gasteiger partial charge in [0.05, 0.1) is 11.9 Å². The molecular weight excluding hydrogens is 265 g/mol. The Morgan fingerprint density at radius 1 is 0.950 bits per heavy atom. The summed E-state index contributed by atoms with van der Waals surface area (Å²) < 4.78 is 40.1. The monoisotopic (exact) mass is 280 g/mol. The van der Waals surface area contributed by atoms with Gasteiger partial charge in [-0.15, -0.1) is 0 Å². The summed E-state index contributed by atoms with van der Waals surface area (Å²) in [6, 6.07) is 5.81. The van der Waals surface area contributed by atoms with E-state index in [2.05, 4.69) is 10.3 Å². The Hall–Kier alpha value is -1.88. The van der Waals surface area contributed by atoms with Gasteiger partial charge in [-0.05, 0) is 38.1 Å². The van der Waals surface area contributed by atoms with Gasteiger partial charge in [0.15, 0.2) is 0 Å². The Morgan fingerprint density at radius 3 is 2.15 bits per heavy atom. The van der Waals surface area contributed by atoms with Crippen LogP contribution in [-0.2, 0) is 0 Å². The summed E-state index contributed by atoms with van der Waals surface area (Å²) in [5.74, 6) is -1.61. The third-order valence-electron chi connectivity index (χ3n) is 3.13. The maximum Gasteiger partial charge on any atom is 0.141 e. The van der Waals surface area contributed by atoms with Gasteiger partial charge < -0.3 is 5.32 Å². The lowest BCUT2D eigenvalue weighted by atomic mass is 10.1. The van der Waals surface area contributed by atoms with Crippen molar-refractivity contribution in [2.24, 2.45) is 0 Å². The number of nitrogens with one attached hydrogen (secondary N) is 1. The number of nitrogens with zero attached hydrogens (tertiary/aromatic N) is 1. The molecule has 0 bridgehead atoms. The summed E-state index contributed by atoms with van der Waals surface area (Å²) in [7, 11) is 0. The molecule has 0 radical (unpaired) electrons. The van der Waals surface area contributed by atoms with Crippen LogP contribution in [0.4, 0.5) is 13.2 Å². The number of halogens is 3. The summed E-state index contributed by atoms with van der Waals surface area (Å²) in [6.07, 6.45) is 1.11. The highest BCUT2D eigenvalue weighted by Crippen LogP contribution is 2.23. The minimum Gasteiger partial charge on any atom is -0.302 e. The largest absolute Gasteiger partial charge is 0.302 e. The lowest BCUT2D eigenvalue weighted by molar-refractivity contribution is 0.444. The molecule has 2 aromatic rings. The van der Waals surface area contributed by atoms with Crippen molar-refractivity contribution in [3.05, 3.63) is 65.2 Å². The molecule has 0 amide bonds. The van der Waals surface area contributed by atoms with Crippen molar-refractivity contribution in [1.29, 1.82) is 0 Å². The van der Waals surface area contributed by atoms with E-state index in [-0.39, 0.29) is 11.6 Å². The van der Waals surface area contributed by atoms with Crippen molar-refractivity contribution in [3.8, 4) is 0 Å². The van der Waals surface area contributed by atoms with E-state index in [1.165, 1.54) is 30.3 Å². The molecule has 0 aliphatic carbocycles. The van der Waals surface area contributed by atoms with E-state index in [1.807, 2.05) is 0 Å². The van der Waals surface area contributed by atoms with Crippen molar-refractivity contribution < 1.29 is 13.2 Å². The molecule has 0 aliphatic heterocycles. The van der Waals surface area contributed by atoms with E-state index in [0.29, 0.717) is 5.69 Å². The smallest absolute Gasteiger partial charge is 0.141 e. The van der Waals surface area contributed by atoms with Gasteiger partial charge >= 0.3 is 0 Å². The number of hydrogen-bond acceptors (Lipinski definition) is 2. The van der Waals surface area contributed by atoms with Gasteiger partial charge in [0.25, 0.3) is 0 Å². The topological polar surface area (TPSA) is 24.9 Å². The van der Waals surface area contributed by atoms with Crippen LogP contribution >= 0.6 is 0 Å². The van der Waals surface area contributed by atoms with E-state index >= 15 is 0 Å². The van der Waals surface area contributed by atoms with Gasteiger partial charge in [-0.25, -0.2) is 13.2 Å². The molecule has 1 heterocycles. The van der Waals surface area contributed by atoms with Crippen LogP contribution in [0.3, 0.4) is 0 Å².